The molecular formula is C26H28N2O6. The lowest BCUT2D eigenvalue weighted by atomic mass is 9.98. The van der Waals surface area contributed by atoms with Crippen LogP contribution < -0.4 is 10.6 Å². The maximum absolute atomic E-state index is 12.8. The Morgan fingerprint density at radius 2 is 1.68 bits per heavy atom. The number of alkyl carbamates (subject to hydrolysis) is 1. The van der Waals surface area contributed by atoms with Gasteiger partial charge in [0.25, 0.3) is 0 Å². The Morgan fingerprint density at radius 1 is 1.03 bits per heavy atom. The fraction of sp³-hybridized carbons (Fsp3) is 0.423. The van der Waals surface area contributed by atoms with Crippen LogP contribution in [0.4, 0.5) is 4.79 Å². The van der Waals surface area contributed by atoms with Gasteiger partial charge in [-0.25, -0.2) is 9.59 Å². The number of amides is 2. The number of carbonyl (C=O) groups is 3. The van der Waals surface area contributed by atoms with Crippen molar-refractivity contribution in [2.24, 2.45) is 11.3 Å². The predicted molar refractivity (Wildman–Crippen MR) is 123 cm³/mol. The second kappa shape index (κ2) is 8.76. The van der Waals surface area contributed by atoms with Crippen molar-refractivity contribution in [3.63, 3.8) is 0 Å². The van der Waals surface area contributed by atoms with E-state index >= 15 is 0 Å². The molecule has 0 bridgehead atoms. The van der Waals surface area contributed by atoms with Crippen molar-refractivity contribution in [1.82, 2.24) is 10.6 Å². The van der Waals surface area contributed by atoms with E-state index in [0.717, 1.165) is 22.3 Å². The van der Waals surface area contributed by atoms with E-state index in [1.54, 1.807) is 0 Å². The number of carboxylic acids is 1. The number of rotatable bonds is 8. The number of carboxylic acid groups (broad SMARTS) is 1. The van der Waals surface area contributed by atoms with Gasteiger partial charge in [-0.1, -0.05) is 48.5 Å². The molecule has 4 atom stereocenters. The van der Waals surface area contributed by atoms with Crippen LogP contribution in [0.15, 0.2) is 48.5 Å². The van der Waals surface area contributed by atoms with Crippen molar-refractivity contribution >= 4 is 18.0 Å². The number of fused-ring (bicyclic) bond motifs is 4. The van der Waals surface area contributed by atoms with Crippen molar-refractivity contribution in [3.05, 3.63) is 59.7 Å². The first kappa shape index (κ1) is 22.4. The van der Waals surface area contributed by atoms with Gasteiger partial charge in [0.05, 0.1) is 5.41 Å². The zero-order chi connectivity index (χ0) is 23.9. The van der Waals surface area contributed by atoms with Crippen LogP contribution in [0.3, 0.4) is 0 Å². The quantitative estimate of drug-likeness (QED) is 0.476. The van der Waals surface area contributed by atoms with Crippen molar-refractivity contribution in [1.29, 1.82) is 0 Å². The van der Waals surface area contributed by atoms with Crippen LogP contribution in [-0.4, -0.2) is 53.5 Å². The maximum Gasteiger partial charge on any atom is 0.407 e. The van der Waals surface area contributed by atoms with Crippen LogP contribution in [0.1, 0.15) is 42.7 Å². The van der Waals surface area contributed by atoms with Gasteiger partial charge in [0.1, 0.15) is 12.6 Å². The molecule has 8 heteroatoms. The largest absolute Gasteiger partial charge is 0.480 e. The summed E-state index contributed by atoms with van der Waals surface area (Å²) in [7, 11) is 0. The standard InChI is InChI=1S/C26H28N2O6/c29-10-9-22(23(30)31)28-24(32)26-12-15(26)11-16(13-26)27-25(33)34-14-21-19-7-3-1-5-17(19)18-6-2-4-8-20(18)21/h1-8,15-16,21-22,29H,9-14H2,(H,27,33)(H,28,32)(H,30,31)/t15-,16+,22+,26+/m1/s1. The van der Waals surface area contributed by atoms with Gasteiger partial charge in [-0.15, -0.1) is 0 Å². The average Bonchev–Trinajstić information content (AvgIpc) is 3.25. The number of hydrogen-bond donors (Lipinski definition) is 4. The lowest BCUT2D eigenvalue weighted by Gasteiger charge is -2.21. The third-order valence-electron chi connectivity index (χ3n) is 7.55. The highest BCUT2D eigenvalue weighted by molar-refractivity contribution is 5.90. The Kier molecular flexibility index (Phi) is 5.77. The summed E-state index contributed by atoms with van der Waals surface area (Å²) >= 11 is 0. The topological polar surface area (TPSA) is 125 Å². The monoisotopic (exact) mass is 464 g/mol. The molecule has 4 N–H and O–H groups in total. The minimum Gasteiger partial charge on any atom is -0.480 e. The number of benzene rings is 2. The van der Waals surface area contributed by atoms with E-state index in [4.69, 9.17) is 9.84 Å². The molecule has 0 heterocycles. The van der Waals surface area contributed by atoms with Crippen LogP contribution in [0.5, 0.6) is 0 Å². The Bertz CT molecular complexity index is 1090. The minimum atomic E-state index is -1.16. The summed E-state index contributed by atoms with van der Waals surface area (Å²) in [6.07, 6.45) is 1.26. The third-order valence-corrected chi connectivity index (χ3v) is 7.55. The molecule has 0 aliphatic heterocycles. The first-order valence-corrected chi connectivity index (χ1v) is 11.7. The fourth-order valence-corrected chi connectivity index (χ4v) is 5.78. The molecule has 0 spiro atoms. The lowest BCUT2D eigenvalue weighted by molar-refractivity contribution is -0.143. The smallest absolute Gasteiger partial charge is 0.407 e. The Morgan fingerprint density at radius 3 is 2.29 bits per heavy atom. The van der Waals surface area contributed by atoms with Crippen LogP contribution in [0.25, 0.3) is 11.1 Å². The Labute approximate surface area is 197 Å². The van der Waals surface area contributed by atoms with Crippen molar-refractivity contribution in [2.75, 3.05) is 13.2 Å². The number of nitrogens with one attached hydrogen (secondary N) is 2. The van der Waals surface area contributed by atoms with Gasteiger partial charge >= 0.3 is 12.1 Å². The molecular weight excluding hydrogens is 436 g/mol. The summed E-state index contributed by atoms with van der Waals surface area (Å²) in [5, 5.41) is 23.7. The zero-order valence-corrected chi connectivity index (χ0v) is 18.7. The first-order valence-electron chi connectivity index (χ1n) is 11.7. The summed E-state index contributed by atoms with van der Waals surface area (Å²) in [5.74, 6) is -1.38. The lowest BCUT2D eigenvalue weighted by Crippen LogP contribution is -2.45. The molecule has 2 fully saturated rings. The molecule has 5 rings (SSSR count). The summed E-state index contributed by atoms with van der Waals surface area (Å²) in [4.78, 5) is 36.7. The van der Waals surface area contributed by atoms with E-state index in [1.165, 1.54) is 0 Å². The SMILES string of the molecule is O=C(N[C@H]1C[C@@H]2C[C@]2(C(=O)N[C@@H](CCO)C(=O)O)C1)OCC1c2ccccc2-c2ccccc21. The predicted octanol–water partition coefficient (Wildman–Crippen LogP) is 2.65. The molecule has 0 radical (unpaired) electrons. The van der Waals surface area contributed by atoms with Crippen molar-refractivity contribution < 1.29 is 29.3 Å². The Hall–Kier alpha value is -3.39. The van der Waals surface area contributed by atoms with Crippen LogP contribution in [0.2, 0.25) is 0 Å². The Balaban J connectivity index is 1.17. The van der Waals surface area contributed by atoms with E-state index in [1.807, 2.05) is 24.3 Å². The molecule has 2 aromatic carbocycles. The molecule has 0 unspecified atom stereocenters. The van der Waals surface area contributed by atoms with Gasteiger partial charge in [-0.3, -0.25) is 4.79 Å². The molecule has 178 valence electrons. The number of carbonyl (C=O) groups excluding carboxylic acids is 2. The van der Waals surface area contributed by atoms with E-state index in [9.17, 15) is 19.5 Å². The highest BCUT2D eigenvalue weighted by Gasteiger charge is 2.65. The number of ether oxygens (including phenoxy) is 1. The molecule has 3 aliphatic carbocycles. The first-order chi connectivity index (χ1) is 16.4. The van der Waals surface area contributed by atoms with Gasteiger partial charge in [0.15, 0.2) is 0 Å². The van der Waals surface area contributed by atoms with Gasteiger partial charge < -0.3 is 25.6 Å². The van der Waals surface area contributed by atoms with Crippen molar-refractivity contribution in [3.8, 4) is 11.1 Å². The third kappa shape index (κ3) is 3.92. The average molecular weight is 465 g/mol. The second-order valence-electron chi connectivity index (χ2n) is 9.54. The molecule has 2 amide bonds. The van der Waals surface area contributed by atoms with Gasteiger partial charge in [0.2, 0.25) is 5.91 Å². The van der Waals surface area contributed by atoms with E-state index in [2.05, 4.69) is 34.9 Å². The van der Waals surface area contributed by atoms with E-state index < -0.39 is 23.5 Å². The van der Waals surface area contributed by atoms with E-state index in [0.29, 0.717) is 19.3 Å². The normalized spacial score (nSPS) is 25.0. The molecule has 0 aromatic heterocycles. The van der Waals surface area contributed by atoms with Crippen LogP contribution >= 0.6 is 0 Å². The second-order valence-corrected chi connectivity index (χ2v) is 9.54. The summed E-state index contributed by atoms with van der Waals surface area (Å²) < 4.78 is 5.62. The van der Waals surface area contributed by atoms with Gasteiger partial charge in [-0.2, -0.15) is 0 Å². The number of aliphatic hydroxyl groups is 1. The number of hydrogen-bond acceptors (Lipinski definition) is 5. The molecule has 2 aromatic rings. The molecule has 0 saturated heterocycles. The van der Waals surface area contributed by atoms with Gasteiger partial charge in [0, 0.05) is 25.0 Å². The minimum absolute atomic E-state index is 0.0215. The molecule has 2 saturated carbocycles. The molecule has 34 heavy (non-hydrogen) atoms. The molecule has 3 aliphatic rings. The number of aliphatic carboxylic acids is 1. The zero-order valence-electron chi connectivity index (χ0n) is 18.7. The van der Waals surface area contributed by atoms with Crippen LogP contribution in [0, 0.1) is 11.3 Å². The van der Waals surface area contributed by atoms with E-state index in [-0.39, 0.29) is 43.4 Å². The number of aliphatic hydroxyl groups excluding tert-OH is 1. The van der Waals surface area contributed by atoms with Gasteiger partial charge in [-0.05, 0) is 47.4 Å². The van der Waals surface area contributed by atoms with Crippen molar-refractivity contribution in [2.45, 2.75) is 43.7 Å². The highest BCUT2D eigenvalue weighted by atomic mass is 16.5. The highest BCUT2D eigenvalue weighted by Crippen LogP contribution is 2.63. The maximum atomic E-state index is 12.8. The molecule has 8 nitrogen and oxygen atoms in total. The summed E-state index contributed by atoms with van der Waals surface area (Å²) in [6, 6.07) is 15.0. The fourth-order valence-electron chi connectivity index (χ4n) is 5.78. The van der Waals surface area contributed by atoms with Crippen LogP contribution in [-0.2, 0) is 14.3 Å². The summed E-state index contributed by atoms with van der Waals surface area (Å²) in [6.45, 7) is -0.0945. The summed E-state index contributed by atoms with van der Waals surface area (Å²) in [5.41, 5.74) is 3.98.